The van der Waals surface area contributed by atoms with Gasteiger partial charge >= 0.3 is 0 Å². The number of halogens is 1. The summed E-state index contributed by atoms with van der Waals surface area (Å²) < 4.78 is 2.50. The molecule has 5 nitrogen and oxygen atoms in total. The summed E-state index contributed by atoms with van der Waals surface area (Å²) >= 11 is 3.38. The van der Waals surface area contributed by atoms with E-state index in [0.717, 1.165) is 23.1 Å². The summed E-state index contributed by atoms with van der Waals surface area (Å²) in [5.41, 5.74) is 1.03. The molecule has 1 aromatic heterocycles. The fourth-order valence-corrected chi connectivity index (χ4v) is 1.86. The number of aliphatic imine (C=N–C) groups is 1. The van der Waals surface area contributed by atoms with E-state index < -0.39 is 0 Å². The maximum Gasteiger partial charge on any atom is 0.242 e. The number of carbonyl (C=O) groups excluding carboxylic acids is 1. The Kier molecular flexibility index (Phi) is 4.20. The zero-order valence-corrected chi connectivity index (χ0v) is 10.6. The quantitative estimate of drug-likeness (QED) is 0.613. The van der Waals surface area contributed by atoms with E-state index in [1.807, 2.05) is 21.1 Å². The van der Waals surface area contributed by atoms with Crippen molar-refractivity contribution in [2.75, 3.05) is 20.6 Å². The van der Waals surface area contributed by atoms with Crippen molar-refractivity contribution in [1.82, 2.24) is 14.7 Å². The molecule has 0 saturated heterocycles. The molecule has 15 heavy (non-hydrogen) atoms. The minimum absolute atomic E-state index is 0.390. The number of hydrogen-bond acceptors (Lipinski definition) is 4. The molecule has 1 heterocycles. The molecular weight excluding hydrogens is 260 g/mol. The Morgan fingerprint density at radius 3 is 2.80 bits per heavy atom. The minimum atomic E-state index is 0.390. The highest BCUT2D eigenvalue weighted by Gasteiger charge is 2.12. The van der Waals surface area contributed by atoms with Crippen LogP contribution in [0.2, 0.25) is 0 Å². The van der Waals surface area contributed by atoms with Crippen molar-refractivity contribution < 1.29 is 4.79 Å². The molecule has 0 saturated carbocycles. The number of likely N-dealkylation sites (N-methyl/N-ethyl adjacent to an activating group) is 1. The summed E-state index contributed by atoms with van der Waals surface area (Å²) in [7, 11) is 5.85. The van der Waals surface area contributed by atoms with E-state index in [4.69, 9.17) is 0 Å². The molecule has 6 heteroatoms. The van der Waals surface area contributed by atoms with Gasteiger partial charge in [-0.15, -0.1) is 4.99 Å². The molecule has 0 N–H and O–H groups in total. The standard InChI is InChI=1S/C9H13BrN4O/c1-13(2)5-4-7-8(10)9(11-6-15)12-14(7)3/h4-5H2,1-3H3. The summed E-state index contributed by atoms with van der Waals surface area (Å²) in [6, 6.07) is 0. The third-order valence-electron chi connectivity index (χ3n) is 2.03. The summed E-state index contributed by atoms with van der Waals surface area (Å²) in [5, 5.41) is 4.10. The number of isocyanates is 1. The third kappa shape index (κ3) is 2.99. The SMILES string of the molecule is CN(C)CCc1c(Br)c(N=C=O)nn1C. The van der Waals surface area contributed by atoms with Gasteiger partial charge in [0.15, 0.2) is 0 Å². The zero-order chi connectivity index (χ0) is 11.4. The lowest BCUT2D eigenvalue weighted by Crippen LogP contribution is -2.16. The Morgan fingerprint density at radius 2 is 2.27 bits per heavy atom. The molecule has 0 aliphatic carbocycles. The largest absolute Gasteiger partial charge is 0.309 e. The van der Waals surface area contributed by atoms with Crippen molar-refractivity contribution in [3.8, 4) is 0 Å². The molecule has 82 valence electrons. The van der Waals surface area contributed by atoms with Crippen molar-refractivity contribution in [3.63, 3.8) is 0 Å². The number of aryl methyl sites for hydroxylation is 1. The first-order valence-electron chi connectivity index (χ1n) is 4.50. The van der Waals surface area contributed by atoms with Crippen LogP contribution < -0.4 is 0 Å². The van der Waals surface area contributed by atoms with Crippen LogP contribution >= 0.6 is 15.9 Å². The fraction of sp³-hybridized carbons (Fsp3) is 0.556. The molecular formula is C9H13BrN4O. The van der Waals surface area contributed by atoms with Gasteiger partial charge in [-0.1, -0.05) is 0 Å². The van der Waals surface area contributed by atoms with Gasteiger partial charge in [-0.3, -0.25) is 4.68 Å². The second-order valence-corrected chi connectivity index (χ2v) is 4.26. The Hall–Kier alpha value is -0.970. The lowest BCUT2D eigenvalue weighted by Gasteiger charge is -2.09. The van der Waals surface area contributed by atoms with E-state index in [1.54, 1.807) is 4.68 Å². The number of aromatic nitrogens is 2. The van der Waals surface area contributed by atoms with Crippen LogP contribution in [0.1, 0.15) is 5.69 Å². The number of hydrogen-bond donors (Lipinski definition) is 0. The van der Waals surface area contributed by atoms with Crippen LogP contribution in [0.25, 0.3) is 0 Å². The smallest absolute Gasteiger partial charge is 0.242 e. The van der Waals surface area contributed by atoms with Crippen LogP contribution in [-0.4, -0.2) is 41.4 Å². The summed E-state index contributed by atoms with van der Waals surface area (Å²) in [4.78, 5) is 15.7. The van der Waals surface area contributed by atoms with Crippen LogP contribution in [-0.2, 0) is 18.3 Å². The van der Waals surface area contributed by atoms with Gasteiger partial charge < -0.3 is 4.90 Å². The molecule has 1 aromatic rings. The van der Waals surface area contributed by atoms with Gasteiger partial charge in [-0.2, -0.15) is 5.10 Å². The van der Waals surface area contributed by atoms with Crippen molar-refractivity contribution in [2.24, 2.45) is 12.0 Å². The van der Waals surface area contributed by atoms with E-state index in [0.29, 0.717) is 5.82 Å². The van der Waals surface area contributed by atoms with Gasteiger partial charge in [-0.25, -0.2) is 4.79 Å². The lowest BCUT2D eigenvalue weighted by atomic mass is 10.3. The van der Waals surface area contributed by atoms with Crippen molar-refractivity contribution in [2.45, 2.75) is 6.42 Å². The average Bonchev–Trinajstić information content (AvgIpc) is 2.40. The van der Waals surface area contributed by atoms with E-state index in [9.17, 15) is 4.79 Å². The van der Waals surface area contributed by atoms with Gasteiger partial charge in [0.2, 0.25) is 11.9 Å². The topological polar surface area (TPSA) is 50.5 Å². The molecule has 1 rings (SSSR count). The molecule has 0 aliphatic rings. The minimum Gasteiger partial charge on any atom is -0.309 e. The molecule has 0 aromatic carbocycles. The molecule has 0 unspecified atom stereocenters. The molecule has 0 spiro atoms. The van der Waals surface area contributed by atoms with Crippen LogP contribution in [0, 0.1) is 0 Å². The highest BCUT2D eigenvalue weighted by Crippen LogP contribution is 2.27. The van der Waals surface area contributed by atoms with Crippen LogP contribution in [0.3, 0.4) is 0 Å². The van der Waals surface area contributed by atoms with Gasteiger partial charge in [0.05, 0.1) is 10.2 Å². The highest BCUT2D eigenvalue weighted by molar-refractivity contribution is 9.10. The summed E-state index contributed by atoms with van der Waals surface area (Å²) in [6.07, 6.45) is 2.34. The average molecular weight is 273 g/mol. The van der Waals surface area contributed by atoms with Crippen LogP contribution in [0.15, 0.2) is 9.47 Å². The second kappa shape index (κ2) is 5.21. The molecule has 0 aliphatic heterocycles. The Labute approximate surface area is 96.9 Å². The van der Waals surface area contributed by atoms with Crippen LogP contribution in [0.5, 0.6) is 0 Å². The second-order valence-electron chi connectivity index (χ2n) is 3.46. The van der Waals surface area contributed by atoms with Gasteiger partial charge in [0.1, 0.15) is 0 Å². The van der Waals surface area contributed by atoms with Crippen molar-refractivity contribution in [1.29, 1.82) is 0 Å². The molecule has 0 amide bonds. The first-order valence-corrected chi connectivity index (χ1v) is 5.29. The highest BCUT2D eigenvalue weighted by atomic mass is 79.9. The number of rotatable bonds is 4. The van der Waals surface area contributed by atoms with Crippen molar-refractivity contribution >= 4 is 27.8 Å². The maximum atomic E-state index is 10.1. The molecule has 0 atom stereocenters. The predicted octanol–water partition coefficient (Wildman–Crippen LogP) is 1.25. The van der Waals surface area contributed by atoms with E-state index in [2.05, 4.69) is 30.9 Å². The summed E-state index contributed by atoms with van der Waals surface area (Å²) in [6.45, 7) is 0.919. The Morgan fingerprint density at radius 1 is 1.60 bits per heavy atom. The third-order valence-corrected chi connectivity index (χ3v) is 2.84. The zero-order valence-electron chi connectivity index (χ0n) is 8.99. The van der Waals surface area contributed by atoms with Crippen LogP contribution in [0.4, 0.5) is 5.82 Å². The monoisotopic (exact) mass is 272 g/mol. The molecule has 0 radical (unpaired) electrons. The fourth-order valence-electron chi connectivity index (χ4n) is 1.23. The first kappa shape index (κ1) is 12.1. The van der Waals surface area contributed by atoms with E-state index >= 15 is 0 Å². The van der Waals surface area contributed by atoms with Crippen molar-refractivity contribution in [3.05, 3.63) is 10.2 Å². The first-order chi connectivity index (χ1) is 7.06. The van der Waals surface area contributed by atoms with Gasteiger partial charge in [0.25, 0.3) is 0 Å². The Balaban J connectivity index is 2.92. The van der Waals surface area contributed by atoms with Gasteiger partial charge in [0, 0.05) is 20.0 Å². The normalized spacial score (nSPS) is 10.5. The van der Waals surface area contributed by atoms with Gasteiger partial charge in [-0.05, 0) is 30.0 Å². The molecule has 0 bridgehead atoms. The molecule has 0 fully saturated rings. The maximum absolute atomic E-state index is 10.1. The predicted molar refractivity (Wildman–Crippen MR) is 60.9 cm³/mol. The van der Waals surface area contributed by atoms with E-state index in [-0.39, 0.29) is 0 Å². The lowest BCUT2D eigenvalue weighted by molar-refractivity contribution is 0.408. The number of nitrogens with zero attached hydrogens (tertiary/aromatic N) is 4. The summed E-state index contributed by atoms with van der Waals surface area (Å²) in [5.74, 6) is 0.390. The Bertz CT molecular complexity index is 393. The van der Waals surface area contributed by atoms with E-state index in [1.165, 1.54) is 6.08 Å².